The number of nitrogens with zero attached hydrogens (tertiary/aromatic N) is 5. The van der Waals surface area contributed by atoms with Gasteiger partial charge in [-0.15, -0.1) is 0 Å². The summed E-state index contributed by atoms with van der Waals surface area (Å²) >= 11 is 0. The van der Waals surface area contributed by atoms with Crippen molar-refractivity contribution in [3.05, 3.63) is 65.4 Å². The number of aromatic nitrogens is 1. The van der Waals surface area contributed by atoms with Crippen molar-refractivity contribution in [2.45, 2.75) is 26.3 Å². The summed E-state index contributed by atoms with van der Waals surface area (Å²) < 4.78 is 0. The maximum absolute atomic E-state index is 4.63. The van der Waals surface area contributed by atoms with E-state index in [1.165, 1.54) is 16.7 Å². The molecule has 0 amide bonds. The molecule has 2 aliphatic heterocycles. The quantitative estimate of drug-likeness (QED) is 0.579. The average Bonchev–Trinajstić information content (AvgIpc) is 2.86. The maximum Gasteiger partial charge on any atom is 0.193 e. The van der Waals surface area contributed by atoms with Gasteiger partial charge in [-0.25, -0.2) is 4.98 Å². The number of pyridine rings is 1. The molecule has 4 rings (SSSR count). The van der Waals surface area contributed by atoms with Crippen molar-refractivity contribution in [3.63, 3.8) is 0 Å². The Labute approximate surface area is 192 Å². The predicted molar refractivity (Wildman–Crippen MR) is 134 cm³/mol. The fourth-order valence-corrected chi connectivity index (χ4v) is 4.49. The van der Waals surface area contributed by atoms with E-state index in [0.29, 0.717) is 0 Å². The number of benzene rings is 1. The molecule has 0 saturated carbocycles. The Morgan fingerprint density at radius 1 is 1.03 bits per heavy atom. The second-order valence-corrected chi connectivity index (χ2v) is 8.54. The lowest BCUT2D eigenvalue weighted by Crippen LogP contribution is -2.46. The van der Waals surface area contributed by atoms with Crippen LogP contribution in [0.2, 0.25) is 0 Å². The Balaban J connectivity index is 1.29. The highest BCUT2D eigenvalue weighted by molar-refractivity contribution is 5.80. The SMILES string of the molecule is CCN1CCN(c2cc(CNC(=NC)N3CCC(=Cc4ccccc4)CC3)ccn2)CC1. The summed E-state index contributed by atoms with van der Waals surface area (Å²) in [5, 5.41) is 3.57. The van der Waals surface area contributed by atoms with Crippen molar-refractivity contribution in [1.29, 1.82) is 0 Å². The second kappa shape index (κ2) is 11.1. The van der Waals surface area contributed by atoms with Crippen LogP contribution in [0.5, 0.6) is 0 Å². The van der Waals surface area contributed by atoms with Gasteiger partial charge in [0.05, 0.1) is 0 Å². The van der Waals surface area contributed by atoms with Crippen molar-refractivity contribution in [3.8, 4) is 0 Å². The van der Waals surface area contributed by atoms with Crippen molar-refractivity contribution < 1.29 is 0 Å². The van der Waals surface area contributed by atoms with Gasteiger partial charge in [0.15, 0.2) is 5.96 Å². The number of aliphatic imine (C=N–C) groups is 1. The van der Waals surface area contributed by atoms with E-state index in [9.17, 15) is 0 Å². The number of likely N-dealkylation sites (tertiary alicyclic amines) is 1. The topological polar surface area (TPSA) is 47.0 Å². The van der Waals surface area contributed by atoms with Gasteiger partial charge in [-0.2, -0.15) is 0 Å². The molecular weight excluding hydrogens is 396 g/mol. The number of hydrogen-bond donors (Lipinski definition) is 1. The molecule has 170 valence electrons. The monoisotopic (exact) mass is 432 g/mol. The van der Waals surface area contributed by atoms with Crippen LogP contribution in [0.3, 0.4) is 0 Å². The predicted octanol–water partition coefficient (Wildman–Crippen LogP) is 3.48. The summed E-state index contributed by atoms with van der Waals surface area (Å²) in [4.78, 5) is 16.4. The molecule has 0 aliphatic carbocycles. The van der Waals surface area contributed by atoms with Gasteiger partial charge in [0.25, 0.3) is 0 Å². The van der Waals surface area contributed by atoms with Gasteiger partial charge in [-0.3, -0.25) is 4.99 Å². The molecular formula is C26H36N6. The zero-order valence-electron chi connectivity index (χ0n) is 19.5. The summed E-state index contributed by atoms with van der Waals surface area (Å²) in [6, 6.07) is 14.9. The van der Waals surface area contributed by atoms with E-state index >= 15 is 0 Å². The van der Waals surface area contributed by atoms with E-state index in [1.54, 1.807) is 0 Å². The lowest BCUT2D eigenvalue weighted by Gasteiger charge is -2.35. The lowest BCUT2D eigenvalue weighted by atomic mass is 10.0. The fraction of sp³-hybridized carbons (Fsp3) is 0.462. The third-order valence-corrected chi connectivity index (χ3v) is 6.49. The minimum Gasteiger partial charge on any atom is -0.354 e. The standard InChI is InChI=1S/C26H36N6/c1-3-30-15-17-31(18-16-30)25-20-24(9-12-28-25)21-29-26(27-2)32-13-10-23(11-14-32)19-22-7-5-4-6-8-22/h4-9,12,19-20H,3,10-11,13-18,21H2,1-2H3,(H,27,29). The smallest absolute Gasteiger partial charge is 0.193 e. The van der Waals surface area contributed by atoms with Gasteiger partial charge in [-0.05, 0) is 42.6 Å². The lowest BCUT2D eigenvalue weighted by molar-refractivity contribution is 0.270. The Hall–Kier alpha value is -2.86. The molecule has 0 bridgehead atoms. The summed E-state index contributed by atoms with van der Waals surface area (Å²) in [6.07, 6.45) is 6.44. The molecule has 2 aliphatic rings. The van der Waals surface area contributed by atoms with Crippen molar-refractivity contribution >= 4 is 17.9 Å². The van der Waals surface area contributed by atoms with E-state index in [4.69, 9.17) is 0 Å². The first-order chi connectivity index (χ1) is 15.7. The molecule has 1 aromatic heterocycles. The normalized spacial score (nSPS) is 18.1. The van der Waals surface area contributed by atoms with Crippen LogP contribution in [0.15, 0.2) is 59.2 Å². The number of guanidine groups is 1. The van der Waals surface area contributed by atoms with Gasteiger partial charge < -0.3 is 20.0 Å². The number of anilines is 1. The molecule has 3 heterocycles. The van der Waals surface area contributed by atoms with Crippen LogP contribution in [-0.2, 0) is 6.54 Å². The minimum atomic E-state index is 0.764. The molecule has 1 N–H and O–H groups in total. The van der Waals surface area contributed by atoms with Gasteiger partial charge in [0, 0.05) is 59.1 Å². The molecule has 32 heavy (non-hydrogen) atoms. The molecule has 0 radical (unpaired) electrons. The Morgan fingerprint density at radius 3 is 2.47 bits per heavy atom. The number of nitrogens with one attached hydrogen (secondary N) is 1. The van der Waals surface area contributed by atoms with Crippen molar-refractivity contribution in [1.82, 2.24) is 20.1 Å². The fourth-order valence-electron chi connectivity index (χ4n) is 4.49. The summed E-state index contributed by atoms with van der Waals surface area (Å²) in [6.45, 7) is 10.5. The number of piperidine rings is 1. The van der Waals surface area contributed by atoms with Crippen molar-refractivity contribution in [2.24, 2.45) is 4.99 Å². The Morgan fingerprint density at radius 2 is 1.78 bits per heavy atom. The van der Waals surface area contributed by atoms with Gasteiger partial charge >= 0.3 is 0 Å². The third-order valence-electron chi connectivity index (χ3n) is 6.49. The molecule has 0 unspecified atom stereocenters. The number of likely N-dealkylation sites (N-methyl/N-ethyl adjacent to an activating group) is 1. The molecule has 6 nitrogen and oxygen atoms in total. The van der Waals surface area contributed by atoms with E-state index < -0.39 is 0 Å². The van der Waals surface area contributed by atoms with E-state index in [2.05, 4.69) is 85.5 Å². The molecule has 0 spiro atoms. The first kappa shape index (κ1) is 22.3. The zero-order valence-corrected chi connectivity index (χ0v) is 19.5. The Kier molecular flexibility index (Phi) is 7.77. The number of piperazine rings is 1. The Bertz CT molecular complexity index is 905. The van der Waals surface area contributed by atoms with Crippen LogP contribution in [0.1, 0.15) is 30.9 Å². The molecule has 1 aromatic carbocycles. The van der Waals surface area contributed by atoms with Crippen LogP contribution in [0.4, 0.5) is 5.82 Å². The maximum atomic E-state index is 4.63. The summed E-state index contributed by atoms with van der Waals surface area (Å²) in [5.74, 6) is 2.07. The third kappa shape index (κ3) is 5.88. The highest BCUT2D eigenvalue weighted by atomic mass is 15.3. The first-order valence-electron chi connectivity index (χ1n) is 11.9. The average molecular weight is 433 g/mol. The number of hydrogen-bond acceptors (Lipinski definition) is 4. The molecule has 2 fully saturated rings. The van der Waals surface area contributed by atoms with Crippen molar-refractivity contribution in [2.75, 3.05) is 57.8 Å². The van der Waals surface area contributed by atoms with Crippen LogP contribution in [0.25, 0.3) is 6.08 Å². The minimum absolute atomic E-state index is 0.764. The first-order valence-corrected chi connectivity index (χ1v) is 11.9. The summed E-state index contributed by atoms with van der Waals surface area (Å²) in [7, 11) is 1.88. The van der Waals surface area contributed by atoms with Crippen LogP contribution >= 0.6 is 0 Å². The molecule has 0 atom stereocenters. The molecule has 2 aromatic rings. The van der Waals surface area contributed by atoms with Gasteiger partial charge in [0.1, 0.15) is 5.82 Å². The summed E-state index contributed by atoms with van der Waals surface area (Å²) in [5.41, 5.74) is 4.06. The van der Waals surface area contributed by atoms with Crippen LogP contribution in [-0.4, -0.2) is 73.6 Å². The largest absolute Gasteiger partial charge is 0.354 e. The van der Waals surface area contributed by atoms with E-state index in [1.807, 2.05) is 13.2 Å². The van der Waals surface area contributed by atoms with E-state index in [0.717, 1.165) is 77.0 Å². The highest BCUT2D eigenvalue weighted by Gasteiger charge is 2.19. The van der Waals surface area contributed by atoms with Crippen LogP contribution < -0.4 is 10.2 Å². The van der Waals surface area contributed by atoms with E-state index in [-0.39, 0.29) is 0 Å². The molecule has 6 heteroatoms. The number of rotatable bonds is 5. The van der Waals surface area contributed by atoms with Crippen LogP contribution in [0, 0.1) is 0 Å². The zero-order chi connectivity index (χ0) is 22.2. The molecule has 2 saturated heterocycles. The van der Waals surface area contributed by atoms with Gasteiger partial charge in [-0.1, -0.05) is 48.9 Å². The van der Waals surface area contributed by atoms with Gasteiger partial charge in [0.2, 0.25) is 0 Å². The highest BCUT2D eigenvalue weighted by Crippen LogP contribution is 2.20. The second-order valence-electron chi connectivity index (χ2n) is 8.54.